The molecule has 0 aliphatic heterocycles. The van der Waals surface area contributed by atoms with Crippen molar-refractivity contribution in [1.29, 1.82) is 5.26 Å². The third-order valence-electron chi connectivity index (χ3n) is 7.18. The molecule has 0 radical (unpaired) electrons. The Hall–Kier alpha value is -0.510. The van der Waals surface area contributed by atoms with Gasteiger partial charge in [0.25, 0.3) is 0 Å². The molecule has 2 saturated carbocycles. The van der Waals surface area contributed by atoms with Crippen LogP contribution < -0.4 is 0 Å². The predicted molar refractivity (Wildman–Crippen MR) is 99.1 cm³/mol. The van der Waals surface area contributed by atoms with Gasteiger partial charge in [0.1, 0.15) is 0 Å². The van der Waals surface area contributed by atoms with Crippen molar-refractivity contribution in [2.45, 2.75) is 110 Å². The van der Waals surface area contributed by atoms with Gasteiger partial charge in [-0.2, -0.15) is 5.26 Å². The Morgan fingerprint density at radius 3 is 2.00 bits per heavy atom. The molecule has 2 fully saturated rings. The van der Waals surface area contributed by atoms with Gasteiger partial charge in [-0.3, -0.25) is 0 Å². The van der Waals surface area contributed by atoms with Crippen molar-refractivity contribution in [3.8, 4) is 6.07 Å². The Morgan fingerprint density at radius 1 is 0.826 bits per heavy atom. The Balaban J connectivity index is 1.63. The summed E-state index contributed by atoms with van der Waals surface area (Å²) >= 11 is 0. The van der Waals surface area contributed by atoms with Crippen LogP contribution in [0.1, 0.15) is 110 Å². The summed E-state index contributed by atoms with van der Waals surface area (Å²) < 4.78 is 0. The molecule has 2 aliphatic carbocycles. The van der Waals surface area contributed by atoms with Gasteiger partial charge in [0, 0.05) is 0 Å². The quantitative estimate of drug-likeness (QED) is 0.432. The number of hydrogen-bond donors (Lipinski definition) is 0. The number of rotatable bonds is 8. The molecule has 0 aromatic heterocycles. The van der Waals surface area contributed by atoms with E-state index in [4.69, 9.17) is 0 Å². The Labute approximate surface area is 145 Å². The van der Waals surface area contributed by atoms with Gasteiger partial charge < -0.3 is 0 Å². The molecule has 132 valence electrons. The first-order chi connectivity index (χ1) is 11.2. The van der Waals surface area contributed by atoms with Crippen LogP contribution in [-0.2, 0) is 0 Å². The van der Waals surface area contributed by atoms with E-state index in [1.54, 1.807) is 0 Å². The Bertz CT molecular complexity index is 351. The monoisotopic (exact) mass is 317 g/mol. The van der Waals surface area contributed by atoms with E-state index in [9.17, 15) is 5.26 Å². The van der Waals surface area contributed by atoms with Gasteiger partial charge in [0.2, 0.25) is 0 Å². The summed E-state index contributed by atoms with van der Waals surface area (Å²) in [5, 5.41) is 9.46. The van der Waals surface area contributed by atoms with E-state index in [1.807, 2.05) is 0 Å². The van der Waals surface area contributed by atoms with Crippen molar-refractivity contribution >= 4 is 0 Å². The van der Waals surface area contributed by atoms with Crippen molar-refractivity contribution < 1.29 is 0 Å². The first-order valence-electron chi connectivity index (χ1n) is 10.6. The van der Waals surface area contributed by atoms with E-state index in [0.29, 0.717) is 0 Å². The fraction of sp³-hybridized carbons (Fsp3) is 0.955. The summed E-state index contributed by atoms with van der Waals surface area (Å²) in [5.74, 6) is 2.96. The molecule has 0 spiro atoms. The van der Waals surface area contributed by atoms with Crippen LogP contribution in [0.15, 0.2) is 0 Å². The van der Waals surface area contributed by atoms with Crippen molar-refractivity contribution in [3.63, 3.8) is 0 Å². The van der Waals surface area contributed by atoms with Gasteiger partial charge in [-0.1, -0.05) is 65.2 Å². The SMILES string of the molecule is CCCCCCCC1CCC([C@H]2CC[C@](C#N)(CC)CC2)CC1. The highest BCUT2D eigenvalue weighted by atomic mass is 14.4. The highest BCUT2D eigenvalue weighted by Crippen LogP contribution is 2.47. The number of nitriles is 1. The van der Waals surface area contributed by atoms with Gasteiger partial charge in [-0.15, -0.1) is 0 Å². The van der Waals surface area contributed by atoms with E-state index in [-0.39, 0.29) is 5.41 Å². The number of nitrogens with zero attached hydrogens (tertiary/aromatic N) is 1. The van der Waals surface area contributed by atoms with E-state index >= 15 is 0 Å². The van der Waals surface area contributed by atoms with Crippen LogP contribution in [-0.4, -0.2) is 0 Å². The Kier molecular flexibility index (Phi) is 7.94. The second-order valence-corrected chi connectivity index (χ2v) is 8.57. The molecule has 2 rings (SSSR count). The molecule has 23 heavy (non-hydrogen) atoms. The first kappa shape index (κ1) is 18.8. The van der Waals surface area contributed by atoms with Crippen LogP contribution in [0.2, 0.25) is 0 Å². The molecule has 0 bridgehead atoms. The lowest BCUT2D eigenvalue weighted by Gasteiger charge is -2.40. The van der Waals surface area contributed by atoms with E-state index in [0.717, 1.165) is 24.2 Å². The summed E-state index contributed by atoms with van der Waals surface area (Å²) in [4.78, 5) is 0. The summed E-state index contributed by atoms with van der Waals surface area (Å²) in [7, 11) is 0. The lowest BCUT2D eigenvalue weighted by atomic mass is 9.64. The fourth-order valence-corrected chi connectivity index (χ4v) is 5.19. The second-order valence-electron chi connectivity index (χ2n) is 8.57. The van der Waals surface area contributed by atoms with Gasteiger partial charge in [-0.05, 0) is 62.7 Å². The molecular weight excluding hydrogens is 278 g/mol. The average molecular weight is 318 g/mol. The average Bonchev–Trinajstić information content (AvgIpc) is 2.62. The third kappa shape index (κ3) is 5.51. The summed E-state index contributed by atoms with van der Waals surface area (Å²) in [6.07, 6.45) is 20.7. The maximum atomic E-state index is 9.46. The lowest BCUT2D eigenvalue weighted by molar-refractivity contribution is 0.118. The molecule has 0 unspecified atom stereocenters. The maximum Gasteiger partial charge on any atom is 0.0689 e. The maximum absolute atomic E-state index is 9.46. The number of unbranched alkanes of at least 4 members (excludes halogenated alkanes) is 4. The molecule has 0 heterocycles. The van der Waals surface area contributed by atoms with Crippen LogP contribution in [0.4, 0.5) is 0 Å². The Morgan fingerprint density at radius 2 is 1.43 bits per heavy atom. The molecule has 1 heteroatoms. The van der Waals surface area contributed by atoms with E-state index in [2.05, 4.69) is 19.9 Å². The van der Waals surface area contributed by atoms with Gasteiger partial charge >= 0.3 is 0 Å². The largest absolute Gasteiger partial charge is 0.198 e. The van der Waals surface area contributed by atoms with Crippen LogP contribution in [0, 0.1) is 34.5 Å². The molecule has 0 saturated heterocycles. The molecule has 0 aromatic rings. The summed E-state index contributed by atoms with van der Waals surface area (Å²) in [6.45, 7) is 4.50. The zero-order valence-electron chi connectivity index (χ0n) is 15.8. The van der Waals surface area contributed by atoms with Crippen molar-refractivity contribution in [2.24, 2.45) is 23.2 Å². The molecule has 0 atom stereocenters. The summed E-state index contributed by atoms with van der Waals surface area (Å²) in [6, 6.07) is 2.64. The molecular formula is C22H39N. The van der Waals surface area contributed by atoms with Crippen LogP contribution in [0.25, 0.3) is 0 Å². The zero-order valence-corrected chi connectivity index (χ0v) is 15.8. The van der Waals surface area contributed by atoms with Gasteiger partial charge in [0.05, 0.1) is 11.5 Å². The van der Waals surface area contributed by atoms with Crippen molar-refractivity contribution in [2.75, 3.05) is 0 Å². The highest BCUT2D eigenvalue weighted by Gasteiger charge is 2.37. The smallest absolute Gasteiger partial charge is 0.0689 e. The number of hydrogen-bond acceptors (Lipinski definition) is 1. The minimum absolute atomic E-state index is 0.0339. The second kappa shape index (κ2) is 9.71. The van der Waals surface area contributed by atoms with E-state index in [1.165, 1.54) is 89.9 Å². The topological polar surface area (TPSA) is 23.8 Å². The molecule has 0 N–H and O–H groups in total. The molecule has 1 nitrogen and oxygen atoms in total. The van der Waals surface area contributed by atoms with Crippen molar-refractivity contribution in [3.05, 3.63) is 0 Å². The minimum Gasteiger partial charge on any atom is -0.198 e. The fourth-order valence-electron chi connectivity index (χ4n) is 5.19. The van der Waals surface area contributed by atoms with Gasteiger partial charge in [-0.25, -0.2) is 0 Å². The van der Waals surface area contributed by atoms with Crippen LogP contribution in [0.5, 0.6) is 0 Å². The predicted octanol–water partition coefficient (Wildman–Crippen LogP) is 7.26. The normalized spacial score (nSPS) is 34.9. The first-order valence-corrected chi connectivity index (χ1v) is 10.6. The third-order valence-corrected chi connectivity index (χ3v) is 7.18. The summed E-state index contributed by atoms with van der Waals surface area (Å²) in [5.41, 5.74) is 0.0339. The standard InChI is InChI=1S/C22H39N/c1-3-5-6-7-8-9-19-10-12-20(13-11-19)21-14-16-22(4-2,18-23)17-15-21/h19-21H,3-17H2,1-2H3/t19?,20?,21-,22+. The zero-order chi connectivity index (χ0) is 16.5. The van der Waals surface area contributed by atoms with Crippen LogP contribution in [0.3, 0.4) is 0 Å². The van der Waals surface area contributed by atoms with E-state index < -0.39 is 0 Å². The molecule has 2 aliphatic rings. The van der Waals surface area contributed by atoms with Crippen LogP contribution >= 0.6 is 0 Å². The lowest BCUT2D eigenvalue weighted by Crippen LogP contribution is -2.30. The van der Waals surface area contributed by atoms with Crippen molar-refractivity contribution in [1.82, 2.24) is 0 Å². The highest BCUT2D eigenvalue weighted by molar-refractivity contribution is 5.01. The molecule has 0 aromatic carbocycles. The minimum atomic E-state index is 0.0339. The van der Waals surface area contributed by atoms with Gasteiger partial charge in [0.15, 0.2) is 0 Å². The molecule has 0 amide bonds.